The average Bonchev–Trinajstić information content (AvgIpc) is 1.97. The first kappa shape index (κ1) is 13.8. The number of carbonyl (C=O) groups excluding carboxylic acids is 2. The molecule has 0 rings (SSSR count). The molecular formula is C7H9LiO4. The summed E-state index contributed by atoms with van der Waals surface area (Å²) < 4.78 is 4.49. The molecule has 0 aliphatic rings. The monoisotopic (exact) mass is 164 g/mol. The molecule has 0 bridgehead atoms. The van der Waals surface area contributed by atoms with Crippen molar-refractivity contribution in [3.05, 3.63) is 12.7 Å². The van der Waals surface area contributed by atoms with E-state index in [0.29, 0.717) is 0 Å². The number of hydrogen-bond acceptors (Lipinski definition) is 4. The Morgan fingerprint density at radius 1 is 1.42 bits per heavy atom. The molecule has 0 fully saturated rings. The van der Waals surface area contributed by atoms with E-state index >= 15 is 0 Å². The molecular weight excluding hydrogens is 155 g/mol. The van der Waals surface area contributed by atoms with Gasteiger partial charge in [-0.15, -0.1) is 0 Å². The predicted octanol–water partition coefficient (Wildman–Crippen LogP) is -3.75. The van der Waals surface area contributed by atoms with Gasteiger partial charge in [-0.3, -0.25) is 4.79 Å². The van der Waals surface area contributed by atoms with Crippen LogP contribution < -0.4 is 24.0 Å². The van der Waals surface area contributed by atoms with Gasteiger partial charge in [0.05, 0.1) is 6.42 Å². The van der Waals surface area contributed by atoms with Crippen LogP contribution in [0.5, 0.6) is 0 Å². The number of carbonyl (C=O) groups is 2. The number of ether oxygens (including phenoxy) is 1. The Morgan fingerprint density at radius 3 is 2.42 bits per heavy atom. The Kier molecular flexibility index (Phi) is 9.66. The van der Waals surface area contributed by atoms with Crippen LogP contribution in [0.15, 0.2) is 12.7 Å². The topological polar surface area (TPSA) is 66.4 Å². The average molecular weight is 164 g/mol. The molecule has 5 heteroatoms. The van der Waals surface area contributed by atoms with Crippen molar-refractivity contribution >= 4 is 11.9 Å². The molecule has 0 atom stereocenters. The first-order chi connectivity index (χ1) is 5.16. The number of carboxylic acids is 1. The van der Waals surface area contributed by atoms with Crippen LogP contribution in [0, 0.1) is 0 Å². The normalized spacial score (nSPS) is 8.00. The van der Waals surface area contributed by atoms with Crippen molar-refractivity contribution in [2.75, 3.05) is 6.61 Å². The maximum atomic E-state index is 10.5. The molecule has 12 heavy (non-hydrogen) atoms. The molecule has 0 aliphatic carbocycles. The molecule has 0 saturated heterocycles. The van der Waals surface area contributed by atoms with Crippen LogP contribution in [0.2, 0.25) is 0 Å². The third-order valence-corrected chi connectivity index (χ3v) is 0.895. The van der Waals surface area contributed by atoms with Gasteiger partial charge in [0, 0.05) is 5.97 Å². The Balaban J connectivity index is 0. The maximum absolute atomic E-state index is 10.5. The molecule has 0 radical (unpaired) electrons. The van der Waals surface area contributed by atoms with Crippen molar-refractivity contribution in [2.45, 2.75) is 12.8 Å². The van der Waals surface area contributed by atoms with Gasteiger partial charge in [-0.25, -0.2) is 0 Å². The number of carboxylic acid groups (broad SMARTS) is 1. The zero-order chi connectivity index (χ0) is 8.69. The summed E-state index contributed by atoms with van der Waals surface area (Å²) in [6.07, 6.45) is 0.975. The number of aliphatic carboxylic acids is 1. The van der Waals surface area contributed by atoms with E-state index in [4.69, 9.17) is 0 Å². The standard InChI is InChI=1S/C7H10O4.Li/c1-2-5-11-7(10)4-3-6(8)9;/h2H,1,3-5H2,(H,8,9);/q;+1/p-1. The van der Waals surface area contributed by atoms with Crippen molar-refractivity contribution in [1.29, 1.82) is 0 Å². The molecule has 0 heterocycles. The van der Waals surface area contributed by atoms with Crippen molar-refractivity contribution < 1.29 is 38.3 Å². The second kappa shape index (κ2) is 8.37. The molecule has 62 valence electrons. The fourth-order valence-corrected chi connectivity index (χ4v) is 0.428. The van der Waals surface area contributed by atoms with Gasteiger partial charge in [-0.2, -0.15) is 0 Å². The van der Waals surface area contributed by atoms with Gasteiger partial charge in [0.15, 0.2) is 0 Å². The van der Waals surface area contributed by atoms with E-state index in [-0.39, 0.29) is 38.3 Å². The van der Waals surface area contributed by atoms with Crippen LogP contribution in [0.4, 0.5) is 0 Å². The van der Waals surface area contributed by atoms with Gasteiger partial charge in [0.1, 0.15) is 6.61 Å². The second-order valence-corrected chi connectivity index (χ2v) is 1.84. The van der Waals surface area contributed by atoms with Crippen LogP contribution in [0.1, 0.15) is 12.8 Å². The third-order valence-electron chi connectivity index (χ3n) is 0.895. The quantitative estimate of drug-likeness (QED) is 0.238. The first-order valence-corrected chi connectivity index (χ1v) is 3.13. The number of rotatable bonds is 5. The third kappa shape index (κ3) is 9.28. The SMILES string of the molecule is C=CCOC(=O)CCC(=O)[O-].[Li+]. The Hall–Kier alpha value is -0.723. The van der Waals surface area contributed by atoms with E-state index in [1.807, 2.05) is 0 Å². The van der Waals surface area contributed by atoms with Crippen molar-refractivity contribution in [1.82, 2.24) is 0 Å². The molecule has 0 N–H and O–H groups in total. The minimum absolute atomic E-state index is 0. The summed E-state index contributed by atoms with van der Waals surface area (Å²) >= 11 is 0. The smallest absolute Gasteiger partial charge is 0.550 e. The molecule has 0 saturated carbocycles. The van der Waals surface area contributed by atoms with E-state index < -0.39 is 11.9 Å². The van der Waals surface area contributed by atoms with E-state index in [1.165, 1.54) is 6.08 Å². The number of hydrogen-bond donors (Lipinski definition) is 0. The molecule has 0 aromatic heterocycles. The fourth-order valence-electron chi connectivity index (χ4n) is 0.428. The summed E-state index contributed by atoms with van der Waals surface area (Å²) in [5.74, 6) is -1.80. The predicted molar refractivity (Wildman–Crippen MR) is 35.4 cm³/mol. The largest absolute Gasteiger partial charge is 1.00 e. The van der Waals surface area contributed by atoms with E-state index in [9.17, 15) is 14.7 Å². The zero-order valence-corrected chi connectivity index (χ0v) is 7.04. The van der Waals surface area contributed by atoms with Crippen LogP contribution in [0.25, 0.3) is 0 Å². The molecule has 0 unspecified atom stereocenters. The fraction of sp³-hybridized carbons (Fsp3) is 0.429. The van der Waals surface area contributed by atoms with E-state index in [0.717, 1.165) is 0 Å². The molecule has 0 amide bonds. The Bertz CT molecular complexity index is 167. The van der Waals surface area contributed by atoms with Gasteiger partial charge in [-0.1, -0.05) is 12.7 Å². The van der Waals surface area contributed by atoms with Crippen LogP contribution in [-0.2, 0) is 14.3 Å². The second-order valence-electron chi connectivity index (χ2n) is 1.84. The molecule has 0 aromatic rings. The van der Waals surface area contributed by atoms with Gasteiger partial charge in [-0.05, 0) is 6.42 Å². The minimum atomic E-state index is -1.25. The molecule has 0 spiro atoms. The van der Waals surface area contributed by atoms with Gasteiger partial charge < -0.3 is 14.6 Å². The van der Waals surface area contributed by atoms with Gasteiger partial charge in [0.2, 0.25) is 0 Å². The minimum Gasteiger partial charge on any atom is -0.550 e. The summed E-state index contributed by atoms with van der Waals surface area (Å²) in [5.41, 5.74) is 0. The first-order valence-electron chi connectivity index (χ1n) is 3.13. The summed E-state index contributed by atoms with van der Waals surface area (Å²) in [7, 11) is 0. The Morgan fingerprint density at radius 2 is 2.00 bits per heavy atom. The van der Waals surface area contributed by atoms with Gasteiger partial charge in [0.25, 0.3) is 0 Å². The molecule has 0 aromatic carbocycles. The summed E-state index contributed by atoms with van der Waals surface area (Å²) in [6.45, 7) is 3.44. The zero-order valence-electron chi connectivity index (χ0n) is 7.04. The van der Waals surface area contributed by atoms with Crippen LogP contribution >= 0.6 is 0 Å². The molecule has 4 nitrogen and oxygen atoms in total. The maximum Gasteiger partial charge on any atom is 1.00 e. The van der Waals surface area contributed by atoms with Gasteiger partial charge >= 0.3 is 24.8 Å². The van der Waals surface area contributed by atoms with E-state index in [1.54, 1.807) is 0 Å². The molecule has 0 aliphatic heterocycles. The Labute approximate surface area is 82.8 Å². The number of esters is 1. The summed E-state index contributed by atoms with van der Waals surface area (Å²) in [5, 5.41) is 9.84. The van der Waals surface area contributed by atoms with Crippen LogP contribution in [-0.4, -0.2) is 18.5 Å². The van der Waals surface area contributed by atoms with Crippen molar-refractivity contribution in [3.8, 4) is 0 Å². The van der Waals surface area contributed by atoms with Crippen molar-refractivity contribution in [3.63, 3.8) is 0 Å². The summed E-state index contributed by atoms with van der Waals surface area (Å²) in [6, 6.07) is 0. The van der Waals surface area contributed by atoms with Crippen LogP contribution in [0.3, 0.4) is 0 Å². The summed E-state index contributed by atoms with van der Waals surface area (Å²) in [4.78, 5) is 20.4. The van der Waals surface area contributed by atoms with E-state index in [2.05, 4.69) is 11.3 Å². The van der Waals surface area contributed by atoms with Crippen molar-refractivity contribution in [2.24, 2.45) is 0 Å².